The van der Waals surface area contributed by atoms with Crippen LogP contribution in [0.2, 0.25) is 0 Å². The Bertz CT molecular complexity index is 196. The zero-order chi connectivity index (χ0) is 10.7. The molecule has 0 aliphatic heterocycles. The van der Waals surface area contributed by atoms with Crippen LogP contribution in [0.5, 0.6) is 0 Å². The van der Waals surface area contributed by atoms with Gasteiger partial charge in [0.1, 0.15) is 0 Å². The van der Waals surface area contributed by atoms with Crippen LogP contribution in [-0.2, 0) is 0 Å². The fourth-order valence-corrected chi connectivity index (χ4v) is 3.16. The van der Waals surface area contributed by atoms with E-state index in [1.165, 1.54) is 45.1 Å². The van der Waals surface area contributed by atoms with Gasteiger partial charge in [0, 0.05) is 19.1 Å². The number of aliphatic hydroxyl groups is 1. The minimum Gasteiger partial charge on any atom is -0.395 e. The van der Waals surface area contributed by atoms with E-state index in [-0.39, 0.29) is 0 Å². The Morgan fingerprint density at radius 3 is 2.33 bits per heavy atom. The van der Waals surface area contributed by atoms with Crippen LogP contribution in [-0.4, -0.2) is 41.5 Å². The molecule has 0 saturated heterocycles. The highest BCUT2D eigenvalue weighted by molar-refractivity contribution is 7.80. The summed E-state index contributed by atoms with van der Waals surface area (Å²) in [5.74, 6) is 1.02. The van der Waals surface area contributed by atoms with E-state index in [9.17, 15) is 0 Å². The Hall–Kier alpha value is 0.270. The maximum absolute atomic E-state index is 9.10. The van der Waals surface area contributed by atoms with E-state index in [4.69, 9.17) is 5.11 Å². The zero-order valence-electron chi connectivity index (χ0n) is 9.49. The van der Waals surface area contributed by atoms with E-state index in [1.807, 2.05) is 0 Å². The summed E-state index contributed by atoms with van der Waals surface area (Å²) < 4.78 is 0. The predicted molar refractivity (Wildman–Crippen MR) is 66.4 cm³/mol. The average Bonchev–Trinajstić information content (AvgIpc) is 2.08. The van der Waals surface area contributed by atoms with Crippen molar-refractivity contribution in [3.05, 3.63) is 0 Å². The highest BCUT2D eigenvalue weighted by Gasteiger charge is 2.39. The first-order valence-corrected chi connectivity index (χ1v) is 6.89. The lowest BCUT2D eigenvalue weighted by Crippen LogP contribution is -2.50. The number of rotatable bonds is 6. The number of aliphatic hydroxyl groups excluding tert-OH is 1. The minimum absolute atomic E-state index is 0.305. The Labute approximate surface area is 98.5 Å². The quantitative estimate of drug-likeness (QED) is 0.680. The molecule has 0 aromatic carbocycles. The topological polar surface area (TPSA) is 23.5 Å². The van der Waals surface area contributed by atoms with Gasteiger partial charge in [0.25, 0.3) is 0 Å². The van der Waals surface area contributed by atoms with Crippen LogP contribution in [0, 0.1) is 5.41 Å². The zero-order valence-corrected chi connectivity index (χ0v) is 10.4. The van der Waals surface area contributed by atoms with Gasteiger partial charge < -0.3 is 5.11 Å². The largest absolute Gasteiger partial charge is 0.395 e. The third-order valence-corrected chi connectivity index (χ3v) is 4.94. The van der Waals surface area contributed by atoms with Gasteiger partial charge in [-0.1, -0.05) is 12.8 Å². The van der Waals surface area contributed by atoms with Gasteiger partial charge in [0.05, 0.1) is 6.61 Å². The van der Waals surface area contributed by atoms with Crippen molar-refractivity contribution >= 4 is 12.6 Å². The van der Waals surface area contributed by atoms with E-state index in [1.54, 1.807) is 0 Å². The molecule has 2 nitrogen and oxygen atoms in total. The summed E-state index contributed by atoms with van der Waals surface area (Å²) >= 11 is 4.50. The standard InChI is InChI=1S/C12H23NOS/c14-8-7-13(11-3-1-4-11)9-12(10-15)5-2-6-12/h11,14-15H,1-10H2. The van der Waals surface area contributed by atoms with E-state index in [0.29, 0.717) is 12.0 Å². The van der Waals surface area contributed by atoms with Gasteiger partial charge in [-0.2, -0.15) is 12.6 Å². The summed E-state index contributed by atoms with van der Waals surface area (Å²) in [5.41, 5.74) is 0.480. The molecule has 0 unspecified atom stereocenters. The van der Waals surface area contributed by atoms with Crippen LogP contribution < -0.4 is 0 Å². The molecule has 2 rings (SSSR count). The molecule has 0 bridgehead atoms. The molecule has 15 heavy (non-hydrogen) atoms. The molecule has 0 heterocycles. The van der Waals surface area contributed by atoms with Gasteiger partial charge in [-0.3, -0.25) is 4.90 Å². The third-order valence-electron chi connectivity index (χ3n) is 4.27. The molecule has 0 amide bonds. The van der Waals surface area contributed by atoms with Gasteiger partial charge in [-0.25, -0.2) is 0 Å². The van der Waals surface area contributed by atoms with Crippen LogP contribution in [0.3, 0.4) is 0 Å². The lowest BCUT2D eigenvalue weighted by Gasteiger charge is -2.48. The molecule has 88 valence electrons. The van der Waals surface area contributed by atoms with Crippen molar-refractivity contribution < 1.29 is 5.11 Å². The smallest absolute Gasteiger partial charge is 0.0558 e. The summed E-state index contributed by atoms with van der Waals surface area (Å²) in [7, 11) is 0. The minimum atomic E-state index is 0.305. The Morgan fingerprint density at radius 2 is 2.00 bits per heavy atom. The van der Waals surface area contributed by atoms with Crippen molar-refractivity contribution in [3.63, 3.8) is 0 Å². The summed E-state index contributed by atoms with van der Waals surface area (Å²) in [6, 6.07) is 0.759. The van der Waals surface area contributed by atoms with Crippen LogP contribution in [0.1, 0.15) is 38.5 Å². The molecule has 0 aromatic rings. The second kappa shape index (κ2) is 5.07. The van der Waals surface area contributed by atoms with Crippen LogP contribution >= 0.6 is 12.6 Å². The van der Waals surface area contributed by atoms with Crippen molar-refractivity contribution in [1.29, 1.82) is 0 Å². The molecule has 0 atom stereocenters. The van der Waals surface area contributed by atoms with Crippen molar-refractivity contribution in [2.45, 2.75) is 44.6 Å². The first-order chi connectivity index (χ1) is 7.29. The monoisotopic (exact) mass is 229 g/mol. The van der Waals surface area contributed by atoms with Gasteiger partial charge in [0.15, 0.2) is 0 Å². The molecule has 0 aromatic heterocycles. The van der Waals surface area contributed by atoms with Crippen molar-refractivity contribution in [1.82, 2.24) is 4.90 Å². The molecule has 3 heteroatoms. The Morgan fingerprint density at radius 1 is 1.27 bits per heavy atom. The molecular weight excluding hydrogens is 206 g/mol. The highest BCUT2D eigenvalue weighted by atomic mass is 32.1. The summed E-state index contributed by atoms with van der Waals surface area (Å²) in [6.45, 7) is 2.33. The lowest BCUT2D eigenvalue weighted by molar-refractivity contribution is 0.0274. The number of hydrogen-bond acceptors (Lipinski definition) is 3. The molecule has 2 aliphatic carbocycles. The lowest BCUT2D eigenvalue weighted by atomic mass is 9.69. The van der Waals surface area contributed by atoms with Crippen molar-refractivity contribution in [2.75, 3.05) is 25.4 Å². The second-order valence-corrected chi connectivity index (χ2v) is 5.61. The van der Waals surface area contributed by atoms with Gasteiger partial charge in [0.2, 0.25) is 0 Å². The number of thiol groups is 1. The third kappa shape index (κ3) is 2.51. The summed E-state index contributed by atoms with van der Waals surface area (Å²) in [5, 5.41) is 9.10. The van der Waals surface area contributed by atoms with Crippen molar-refractivity contribution in [2.24, 2.45) is 5.41 Å². The fraction of sp³-hybridized carbons (Fsp3) is 1.00. The van der Waals surface area contributed by atoms with Crippen LogP contribution in [0.15, 0.2) is 0 Å². The van der Waals surface area contributed by atoms with Crippen LogP contribution in [0.25, 0.3) is 0 Å². The maximum Gasteiger partial charge on any atom is 0.0558 e. The number of nitrogens with zero attached hydrogens (tertiary/aromatic N) is 1. The SMILES string of the molecule is OCCN(CC1(CS)CCC1)C1CCC1. The summed E-state index contributed by atoms with van der Waals surface area (Å²) in [6.07, 6.45) is 8.10. The number of hydrogen-bond donors (Lipinski definition) is 2. The Balaban J connectivity index is 1.86. The van der Waals surface area contributed by atoms with Gasteiger partial charge >= 0.3 is 0 Å². The molecule has 2 fully saturated rings. The maximum atomic E-state index is 9.10. The molecule has 2 aliphatic rings. The van der Waals surface area contributed by atoms with Crippen molar-refractivity contribution in [3.8, 4) is 0 Å². The fourth-order valence-electron chi connectivity index (χ4n) is 2.74. The first kappa shape index (κ1) is 11.7. The van der Waals surface area contributed by atoms with E-state index >= 15 is 0 Å². The molecular formula is C12H23NOS. The van der Waals surface area contributed by atoms with Gasteiger partial charge in [-0.15, -0.1) is 0 Å². The van der Waals surface area contributed by atoms with Crippen LogP contribution in [0.4, 0.5) is 0 Å². The van der Waals surface area contributed by atoms with E-state index in [0.717, 1.165) is 18.3 Å². The van der Waals surface area contributed by atoms with E-state index < -0.39 is 0 Å². The molecule has 2 saturated carbocycles. The predicted octanol–water partition coefficient (Wildman–Crippen LogP) is 1.93. The van der Waals surface area contributed by atoms with E-state index in [2.05, 4.69) is 17.5 Å². The second-order valence-electron chi connectivity index (χ2n) is 5.29. The molecule has 1 N–H and O–H groups in total. The summed E-state index contributed by atoms with van der Waals surface area (Å²) in [4.78, 5) is 2.51. The Kier molecular flexibility index (Phi) is 3.97. The highest BCUT2D eigenvalue weighted by Crippen LogP contribution is 2.43. The molecule has 0 spiro atoms. The normalized spacial score (nSPS) is 25.0. The average molecular weight is 229 g/mol. The van der Waals surface area contributed by atoms with Gasteiger partial charge in [-0.05, 0) is 36.9 Å². The molecule has 0 radical (unpaired) electrons. The first-order valence-electron chi connectivity index (χ1n) is 6.25.